The molecule has 0 bridgehead atoms. The topological polar surface area (TPSA) is 128 Å². The van der Waals surface area contributed by atoms with Gasteiger partial charge in [0.15, 0.2) is 8.32 Å². The molecule has 1 aliphatic heterocycles. The van der Waals surface area contributed by atoms with Crippen LogP contribution in [0.2, 0.25) is 19.6 Å². The lowest BCUT2D eigenvalue weighted by atomic mass is 9.79. The van der Waals surface area contributed by atoms with E-state index in [-0.39, 0.29) is 11.4 Å². The van der Waals surface area contributed by atoms with Crippen LogP contribution in [0, 0.1) is 20.2 Å². The number of phenols is 1. The van der Waals surface area contributed by atoms with Crippen LogP contribution in [0.5, 0.6) is 5.75 Å². The Hall–Kier alpha value is -4.64. The normalized spacial score (nSPS) is 14.6. The molecule has 0 amide bonds. The minimum Gasteiger partial charge on any atom is -0.508 e. The maximum atomic E-state index is 10.0. The highest BCUT2D eigenvalue weighted by Crippen LogP contribution is 2.42. The highest BCUT2D eigenvalue weighted by atomic mass is 28.4. The Morgan fingerprint density at radius 1 is 0.818 bits per heavy atom. The van der Waals surface area contributed by atoms with Crippen molar-refractivity contribution in [1.29, 1.82) is 0 Å². The minimum atomic E-state index is -1.77. The summed E-state index contributed by atoms with van der Waals surface area (Å²) in [4.78, 5) is 18.9. The lowest BCUT2D eigenvalue weighted by Crippen LogP contribution is -2.53. The van der Waals surface area contributed by atoms with Crippen LogP contribution in [0.15, 0.2) is 121 Å². The Morgan fingerprint density at radius 2 is 1.32 bits per heavy atom. The third kappa shape index (κ3) is 10.3. The molecule has 0 aliphatic carbocycles. The fraction of sp³-hybridized carbons (Fsp3) is 0.235. The van der Waals surface area contributed by atoms with Crippen LogP contribution in [0.1, 0.15) is 29.5 Å². The zero-order valence-electron chi connectivity index (χ0n) is 25.2. The molecule has 230 valence electrons. The summed E-state index contributed by atoms with van der Waals surface area (Å²) in [5.74, 6) is 0.0330. The van der Waals surface area contributed by atoms with Gasteiger partial charge in [0.05, 0.1) is 9.85 Å². The van der Waals surface area contributed by atoms with Gasteiger partial charge in [-0.05, 0) is 67.9 Å². The Labute approximate surface area is 259 Å². The second-order valence-electron chi connectivity index (χ2n) is 11.1. The average molecular weight is 614 g/mol. The van der Waals surface area contributed by atoms with Gasteiger partial charge in [0.1, 0.15) is 11.4 Å². The molecule has 4 aromatic rings. The number of benzene rings is 4. The van der Waals surface area contributed by atoms with Gasteiger partial charge in [0, 0.05) is 24.3 Å². The van der Waals surface area contributed by atoms with Crippen LogP contribution in [0.3, 0.4) is 0 Å². The number of nitro benzene ring substituents is 1. The summed E-state index contributed by atoms with van der Waals surface area (Å²) >= 11 is 0. The van der Waals surface area contributed by atoms with E-state index in [0.29, 0.717) is 6.04 Å². The van der Waals surface area contributed by atoms with E-state index in [1.165, 1.54) is 47.9 Å². The monoisotopic (exact) mass is 613 g/mol. The van der Waals surface area contributed by atoms with Gasteiger partial charge >= 0.3 is 0 Å². The van der Waals surface area contributed by atoms with Crippen molar-refractivity contribution in [2.75, 3.05) is 6.54 Å². The molecule has 0 saturated carbocycles. The predicted molar refractivity (Wildman–Crippen MR) is 176 cm³/mol. The van der Waals surface area contributed by atoms with E-state index in [0.717, 1.165) is 24.7 Å². The Morgan fingerprint density at radius 3 is 1.73 bits per heavy atom. The first-order chi connectivity index (χ1) is 21.0. The van der Waals surface area contributed by atoms with E-state index in [2.05, 4.69) is 85.6 Å². The highest BCUT2D eigenvalue weighted by molar-refractivity contribution is 6.69. The van der Waals surface area contributed by atoms with Crippen molar-refractivity contribution in [3.8, 4) is 5.75 Å². The van der Waals surface area contributed by atoms with Crippen LogP contribution in [0.4, 0.5) is 5.69 Å². The second kappa shape index (κ2) is 16.3. The summed E-state index contributed by atoms with van der Waals surface area (Å²) in [6.45, 7) is 7.91. The summed E-state index contributed by atoms with van der Waals surface area (Å²) in [6.07, 6.45) is 4.74. The Kier molecular flexibility index (Phi) is 12.5. The van der Waals surface area contributed by atoms with Crippen molar-refractivity contribution in [2.45, 2.75) is 44.1 Å². The molecular formula is C34H39N3O6Si. The largest absolute Gasteiger partial charge is 0.508 e. The number of hydrogen-bond acceptors (Lipinski definition) is 7. The van der Waals surface area contributed by atoms with Gasteiger partial charge in [0.25, 0.3) is 5.69 Å². The summed E-state index contributed by atoms with van der Waals surface area (Å²) in [6, 6.07) is 36.0. The molecule has 2 N–H and O–H groups in total. The molecule has 9 nitrogen and oxygen atoms in total. The van der Waals surface area contributed by atoms with Crippen molar-refractivity contribution >= 4 is 20.1 Å². The van der Waals surface area contributed by atoms with Gasteiger partial charge < -0.3 is 14.8 Å². The summed E-state index contributed by atoms with van der Waals surface area (Å²) in [7, 11) is -1.77. The predicted octanol–water partition coefficient (Wildman–Crippen LogP) is 7.77. The molecule has 5 rings (SSSR count). The van der Waals surface area contributed by atoms with Crippen LogP contribution in [0.25, 0.3) is 6.08 Å². The molecule has 1 heterocycles. The number of nitro groups is 2. The lowest BCUT2D eigenvalue weighted by molar-refractivity contribution is -0.400. The summed E-state index contributed by atoms with van der Waals surface area (Å²) in [5.41, 5.74) is 2.94. The Bertz CT molecular complexity index is 1430. The second-order valence-corrected chi connectivity index (χ2v) is 15.5. The van der Waals surface area contributed by atoms with Crippen LogP contribution in [-0.2, 0) is 10.0 Å². The van der Waals surface area contributed by atoms with Crippen molar-refractivity contribution < 1.29 is 19.4 Å². The van der Waals surface area contributed by atoms with Crippen LogP contribution < -0.4 is 5.32 Å². The molecule has 10 heteroatoms. The molecule has 0 unspecified atom stereocenters. The van der Waals surface area contributed by atoms with Crippen molar-refractivity contribution in [3.05, 3.63) is 158 Å². The molecular weight excluding hydrogens is 574 g/mol. The molecule has 1 aliphatic rings. The number of rotatable bonds is 8. The number of nitrogens with one attached hydrogen (secondary N) is 1. The smallest absolute Gasteiger partial charge is 0.269 e. The summed E-state index contributed by atoms with van der Waals surface area (Å²) < 4.78 is 6.96. The van der Waals surface area contributed by atoms with Crippen LogP contribution in [-0.4, -0.2) is 35.9 Å². The third-order valence-corrected chi connectivity index (χ3v) is 7.61. The van der Waals surface area contributed by atoms with E-state index in [1.807, 2.05) is 18.2 Å². The van der Waals surface area contributed by atoms with E-state index >= 15 is 0 Å². The van der Waals surface area contributed by atoms with Gasteiger partial charge in [0.2, 0.25) is 6.20 Å². The molecule has 1 atom stereocenters. The van der Waals surface area contributed by atoms with Gasteiger partial charge in [-0.1, -0.05) is 91.0 Å². The molecule has 0 radical (unpaired) electrons. The Balaban J connectivity index is 0.000000209. The van der Waals surface area contributed by atoms with Gasteiger partial charge in [-0.3, -0.25) is 20.2 Å². The van der Waals surface area contributed by atoms with Gasteiger partial charge in [-0.15, -0.1) is 0 Å². The average Bonchev–Trinajstić information content (AvgIpc) is 3.56. The molecule has 1 saturated heterocycles. The van der Waals surface area contributed by atoms with Crippen LogP contribution >= 0.6 is 0 Å². The maximum Gasteiger partial charge on any atom is 0.269 e. The van der Waals surface area contributed by atoms with E-state index < -0.39 is 23.8 Å². The third-order valence-electron chi connectivity index (χ3n) is 6.67. The lowest BCUT2D eigenvalue weighted by Gasteiger charge is -2.44. The summed E-state index contributed by atoms with van der Waals surface area (Å²) in [5, 5.41) is 32.4. The first kappa shape index (κ1) is 33.9. The zero-order chi connectivity index (χ0) is 32.0. The van der Waals surface area contributed by atoms with E-state index in [9.17, 15) is 20.2 Å². The van der Waals surface area contributed by atoms with Crippen molar-refractivity contribution in [3.63, 3.8) is 0 Å². The molecule has 0 aromatic heterocycles. The fourth-order valence-electron chi connectivity index (χ4n) is 4.93. The first-order valence-corrected chi connectivity index (χ1v) is 17.8. The molecule has 1 fully saturated rings. The van der Waals surface area contributed by atoms with Crippen molar-refractivity contribution in [2.24, 2.45) is 0 Å². The van der Waals surface area contributed by atoms with Crippen molar-refractivity contribution in [1.82, 2.24) is 5.32 Å². The minimum absolute atomic E-state index is 0.0159. The van der Waals surface area contributed by atoms with Gasteiger partial charge in [-0.2, -0.15) is 0 Å². The fourth-order valence-corrected chi connectivity index (χ4v) is 6.27. The molecule has 4 aromatic carbocycles. The first-order valence-electron chi connectivity index (χ1n) is 14.4. The van der Waals surface area contributed by atoms with Gasteiger partial charge in [-0.25, -0.2) is 0 Å². The number of hydrogen-bond donors (Lipinski definition) is 2. The standard InChI is InChI=1S/C20H27NOSi.C8H7NO2.C6H5NO3/c1-23(2,3)22-20(19-15-10-16-21-19,17-11-6-4-7-12-17)18-13-8-5-9-14-18;10-9(11)7-6-8-4-2-1-3-5-8;8-6-3-1-5(2-4-6)7(9)10/h4-9,11-14,19,21H,10,15-16H2,1-3H3;1-7H;1-4,8H/b;7-6+;/t19-;;/m0../s1. The quantitative estimate of drug-likeness (QED) is 0.118. The molecule has 44 heavy (non-hydrogen) atoms. The highest BCUT2D eigenvalue weighted by Gasteiger charge is 2.46. The number of aromatic hydroxyl groups is 1. The zero-order valence-corrected chi connectivity index (χ0v) is 26.2. The van der Waals surface area contributed by atoms with E-state index in [4.69, 9.17) is 9.53 Å². The van der Waals surface area contributed by atoms with E-state index in [1.54, 1.807) is 12.1 Å². The molecule has 0 spiro atoms. The SMILES string of the molecule is C[Si](C)(C)OC(c1ccccc1)(c1ccccc1)[C@@H]1CCCN1.O=[N+]([O-])/C=C/c1ccccc1.O=[N+]([O-])c1ccc(O)cc1. The number of phenolic OH excluding ortho intramolecular Hbond substituents is 1. The number of non-ortho nitro benzene ring substituents is 1. The number of nitrogens with zero attached hydrogens (tertiary/aromatic N) is 2. The maximum absolute atomic E-state index is 10.0.